The fourth-order valence-corrected chi connectivity index (χ4v) is 3.29. The number of likely N-dealkylation sites (tertiary alicyclic amines) is 1. The zero-order valence-corrected chi connectivity index (χ0v) is 17.2. The predicted octanol–water partition coefficient (Wildman–Crippen LogP) is 3.94. The molecule has 0 spiro atoms. The van der Waals surface area contributed by atoms with Crippen molar-refractivity contribution in [2.75, 3.05) is 19.6 Å². The molecule has 0 saturated carbocycles. The smallest absolute Gasteiger partial charge is 0.410 e. The number of hydrogen-bond acceptors (Lipinski definition) is 4. The summed E-state index contributed by atoms with van der Waals surface area (Å²) in [6.45, 7) is 6.21. The number of ether oxygens (including phenoxy) is 1. The number of nitrogens with one attached hydrogen (secondary N) is 1. The zero-order chi connectivity index (χ0) is 20.2. The molecule has 0 bridgehead atoms. The highest BCUT2D eigenvalue weighted by molar-refractivity contribution is 6.36. The minimum atomic E-state index is -0.547. The summed E-state index contributed by atoms with van der Waals surface area (Å²) >= 11 is 11.8. The zero-order valence-electron chi connectivity index (χ0n) is 15.7. The highest BCUT2D eigenvalue weighted by Gasteiger charge is 2.30. The standard InChI is InChI=1S/C19H24Cl2N2O4/c1-19(2,3)27-18(26)23-8-6-12(7-9-23)17(25)22-11-16(24)14-5-4-13(20)10-15(14)21/h4-5,10,12H,6-9,11H2,1-3H3,(H,22,25). The van der Waals surface area contributed by atoms with Crippen LogP contribution in [0.5, 0.6) is 0 Å². The molecule has 0 atom stereocenters. The third-order valence-corrected chi connectivity index (χ3v) is 4.72. The van der Waals surface area contributed by atoms with Crippen molar-refractivity contribution in [3.8, 4) is 0 Å². The average molecular weight is 415 g/mol. The van der Waals surface area contributed by atoms with Crippen LogP contribution in [-0.4, -0.2) is 47.9 Å². The maximum atomic E-state index is 12.3. The first-order valence-corrected chi connectivity index (χ1v) is 9.56. The van der Waals surface area contributed by atoms with Gasteiger partial charge in [0.2, 0.25) is 5.91 Å². The number of nitrogens with zero attached hydrogens (tertiary/aromatic N) is 1. The summed E-state index contributed by atoms with van der Waals surface area (Å²) in [7, 11) is 0. The monoisotopic (exact) mass is 414 g/mol. The van der Waals surface area contributed by atoms with Crippen LogP contribution in [0.4, 0.5) is 4.79 Å². The first kappa shape index (κ1) is 21.5. The molecule has 0 radical (unpaired) electrons. The lowest BCUT2D eigenvalue weighted by Gasteiger charge is -2.32. The van der Waals surface area contributed by atoms with Crippen molar-refractivity contribution in [1.82, 2.24) is 10.2 Å². The molecule has 1 saturated heterocycles. The number of halogens is 2. The largest absolute Gasteiger partial charge is 0.444 e. The fourth-order valence-electron chi connectivity index (χ4n) is 2.77. The summed E-state index contributed by atoms with van der Waals surface area (Å²) in [4.78, 5) is 38.2. The average Bonchev–Trinajstić information content (AvgIpc) is 2.58. The van der Waals surface area contributed by atoms with Crippen molar-refractivity contribution in [3.05, 3.63) is 33.8 Å². The quantitative estimate of drug-likeness (QED) is 0.756. The molecule has 6 nitrogen and oxygen atoms in total. The second-order valence-electron chi connectivity index (χ2n) is 7.51. The number of hydrogen-bond donors (Lipinski definition) is 1. The SMILES string of the molecule is CC(C)(C)OC(=O)N1CCC(C(=O)NCC(=O)c2ccc(Cl)cc2Cl)CC1. The Balaban J connectivity index is 1.81. The minimum absolute atomic E-state index is 0.132. The number of amides is 2. The van der Waals surface area contributed by atoms with Gasteiger partial charge in [-0.05, 0) is 51.8 Å². The molecule has 1 aliphatic rings. The van der Waals surface area contributed by atoms with Crippen molar-refractivity contribution in [3.63, 3.8) is 0 Å². The number of Topliss-reactive ketones (excluding diaryl/α,β-unsaturated/α-hetero) is 1. The van der Waals surface area contributed by atoms with Crippen molar-refractivity contribution in [1.29, 1.82) is 0 Å². The van der Waals surface area contributed by atoms with E-state index in [1.807, 2.05) is 20.8 Å². The second kappa shape index (κ2) is 8.93. The second-order valence-corrected chi connectivity index (χ2v) is 8.35. The van der Waals surface area contributed by atoms with E-state index in [9.17, 15) is 14.4 Å². The molecule has 2 amide bonds. The molecule has 1 fully saturated rings. The van der Waals surface area contributed by atoms with Gasteiger partial charge in [0.15, 0.2) is 5.78 Å². The normalized spacial score (nSPS) is 15.4. The summed E-state index contributed by atoms with van der Waals surface area (Å²) in [5.74, 6) is -0.717. The van der Waals surface area contributed by atoms with Crippen LogP contribution in [0.3, 0.4) is 0 Å². The van der Waals surface area contributed by atoms with E-state index in [1.54, 1.807) is 17.0 Å². The topological polar surface area (TPSA) is 75.7 Å². The van der Waals surface area contributed by atoms with Crippen LogP contribution in [0.2, 0.25) is 10.0 Å². The molecule has 1 aliphatic heterocycles. The Morgan fingerprint density at radius 1 is 1.19 bits per heavy atom. The van der Waals surface area contributed by atoms with Gasteiger partial charge in [-0.2, -0.15) is 0 Å². The number of ketones is 1. The van der Waals surface area contributed by atoms with Crippen molar-refractivity contribution in [2.45, 2.75) is 39.2 Å². The van der Waals surface area contributed by atoms with E-state index in [4.69, 9.17) is 27.9 Å². The molecule has 8 heteroatoms. The first-order valence-electron chi connectivity index (χ1n) is 8.80. The van der Waals surface area contributed by atoms with Gasteiger partial charge >= 0.3 is 6.09 Å². The van der Waals surface area contributed by atoms with Gasteiger partial charge in [-0.25, -0.2) is 4.79 Å². The lowest BCUT2D eigenvalue weighted by Crippen LogP contribution is -2.45. The lowest BCUT2D eigenvalue weighted by molar-refractivity contribution is -0.126. The molecule has 1 aromatic carbocycles. The third kappa shape index (κ3) is 6.40. The number of piperidine rings is 1. The maximum absolute atomic E-state index is 12.3. The molecule has 2 rings (SSSR count). The molecule has 27 heavy (non-hydrogen) atoms. The Hall–Kier alpha value is -1.79. The Morgan fingerprint density at radius 3 is 2.37 bits per heavy atom. The van der Waals surface area contributed by atoms with E-state index in [-0.39, 0.29) is 35.3 Å². The summed E-state index contributed by atoms with van der Waals surface area (Å²) in [5.41, 5.74) is -0.227. The van der Waals surface area contributed by atoms with Crippen molar-refractivity contribution < 1.29 is 19.1 Å². The fraction of sp³-hybridized carbons (Fsp3) is 0.526. The molecule has 0 aromatic heterocycles. The summed E-state index contributed by atoms with van der Waals surface area (Å²) in [6, 6.07) is 4.61. The van der Waals surface area contributed by atoms with Gasteiger partial charge in [0.25, 0.3) is 0 Å². The molecule has 0 unspecified atom stereocenters. The highest BCUT2D eigenvalue weighted by Crippen LogP contribution is 2.22. The lowest BCUT2D eigenvalue weighted by atomic mass is 9.96. The number of carbonyl (C=O) groups is 3. The van der Waals surface area contributed by atoms with Gasteiger partial charge in [0.1, 0.15) is 5.60 Å². The number of benzene rings is 1. The molecule has 1 N–H and O–H groups in total. The molecule has 1 aromatic rings. The van der Waals surface area contributed by atoms with Gasteiger partial charge in [0, 0.05) is 29.6 Å². The number of carbonyl (C=O) groups excluding carboxylic acids is 3. The van der Waals surface area contributed by atoms with E-state index in [2.05, 4.69) is 5.32 Å². The van der Waals surface area contributed by atoms with Gasteiger partial charge in [-0.3, -0.25) is 9.59 Å². The Morgan fingerprint density at radius 2 is 1.81 bits per heavy atom. The summed E-state index contributed by atoms with van der Waals surface area (Å²) in [6.07, 6.45) is 0.691. The third-order valence-electron chi connectivity index (χ3n) is 4.17. The molecule has 1 heterocycles. The van der Waals surface area contributed by atoms with Crippen LogP contribution < -0.4 is 5.32 Å². The Labute approximate surface area is 169 Å². The molecule has 148 valence electrons. The van der Waals surface area contributed by atoms with E-state index in [0.29, 0.717) is 36.5 Å². The predicted molar refractivity (Wildman–Crippen MR) is 104 cm³/mol. The van der Waals surface area contributed by atoms with E-state index in [0.717, 1.165) is 0 Å². The van der Waals surface area contributed by atoms with Crippen molar-refractivity contribution >= 4 is 41.0 Å². The van der Waals surface area contributed by atoms with Crippen LogP contribution in [0.25, 0.3) is 0 Å². The highest BCUT2D eigenvalue weighted by atomic mass is 35.5. The summed E-state index contributed by atoms with van der Waals surface area (Å²) in [5, 5.41) is 3.36. The molecular formula is C19H24Cl2N2O4. The number of rotatable bonds is 4. The maximum Gasteiger partial charge on any atom is 0.410 e. The van der Waals surface area contributed by atoms with E-state index < -0.39 is 5.60 Å². The van der Waals surface area contributed by atoms with Crippen LogP contribution in [0, 0.1) is 5.92 Å². The van der Waals surface area contributed by atoms with Crippen LogP contribution in [0.1, 0.15) is 44.0 Å². The van der Waals surface area contributed by atoms with Crippen molar-refractivity contribution in [2.24, 2.45) is 5.92 Å². The molecule has 0 aliphatic carbocycles. The molecular weight excluding hydrogens is 391 g/mol. The van der Waals surface area contributed by atoms with E-state index in [1.165, 1.54) is 6.07 Å². The van der Waals surface area contributed by atoms with Gasteiger partial charge < -0.3 is 15.0 Å². The van der Waals surface area contributed by atoms with Crippen LogP contribution in [-0.2, 0) is 9.53 Å². The Bertz CT molecular complexity index is 723. The van der Waals surface area contributed by atoms with Gasteiger partial charge in [0.05, 0.1) is 11.6 Å². The van der Waals surface area contributed by atoms with Gasteiger partial charge in [-0.1, -0.05) is 23.2 Å². The minimum Gasteiger partial charge on any atom is -0.444 e. The first-order chi connectivity index (χ1) is 12.6. The van der Waals surface area contributed by atoms with E-state index >= 15 is 0 Å². The van der Waals surface area contributed by atoms with Crippen LogP contribution in [0.15, 0.2) is 18.2 Å². The van der Waals surface area contributed by atoms with Gasteiger partial charge in [-0.15, -0.1) is 0 Å². The summed E-state index contributed by atoms with van der Waals surface area (Å²) < 4.78 is 5.34. The van der Waals surface area contributed by atoms with Crippen LogP contribution >= 0.6 is 23.2 Å². The Kier molecular flexibility index (Phi) is 7.12.